The minimum absolute atomic E-state index is 0.0317. The summed E-state index contributed by atoms with van der Waals surface area (Å²) in [7, 11) is 0. The molecule has 2 aromatic carbocycles. The lowest BCUT2D eigenvalue weighted by Gasteiger charge is -2.12. The van der Waals surface area contributed by atoms with Crippen molar-refractivity contribution >= 4 is 11.9 Å². The Labute approximate surface area is 127 Å². The second kappa shape index (κ2) is 5.99. The molecule has 0 atom stereocenters. The average molecular weight is 326 g/mol. The molecule has 0 aromatic heterocycles. The molecule has 2 N–H and O–H groups in total. The van der Waals surface area contributed by atoms with Crippen LogP contribution in [0, 0.1) is 0 Å². The lowest BCUT2D eigenvalue weighted by atomic mass is 10.0. The van der Waals surface area contributed by atoms with Gasteiger partial charge in [0.2, 0.25) is 0 Å². The maximum atomic E-state index is 12.3. The second-order valence-corrected chi connectivity index (χ2v) is 4.45. The Balaban J connectivity index is 2.43. The van der Waals surface area contributed by atoms with Gasteiger partial charge in [0.25, 0.3) is 0 Å². The molecule has 0 aliphatic carbocycles. The molecule has 0 amide bonds. The first-order valence-corrected chi connectivity index (χ1v) is 6.14. The summed E-state index contributed by atoms with van der Waals surface area (Å²) in [5, 5.41) is 17.8. The second-order valence-electron chi connectivity index (χ2n) is 4.45. The van der Waals surface area contributed by atoms with E-state index in [0.29, 0.717) is 11.1 Å². The van der Waals surface area contributed by atoms with Crippen LogP contribution in [0.3, 0.4) is 0 Å². The monoisotopic (exact) mass is 326 g/mol. The molecule has 0 saturated carbocycles. The van der Waals surface area contributed by atoms with E-state index in [4.69, 9.17) is 10.2 Å². The number of halogens is 3. The predicted octanol–water partition coefficient (Wildman–Crippen LogP) is 3.65. The van der Waals surface area contributed by atoms with Crippen molar-refractivity contribution in [2.75, 3.05) is 0 Å². The molecule has 120 valence electrons. The van der Waals surface area contributed by atoms with Gasteiger partial charge in [-0.1, -0.05) is 18.2 Å². The Morgan fingerprint density at radius 1 is 0.870 bits per heavy atom. The van der Waals surface area contributed by atoms with Crippen LogP contribution in [0.25, 0.3) is 11.1 Å². The molecule has 2 rings (SSSR count). The van der Waals surface area contributed by atoms with E-state index in [1.165, 1.54) is 30.3 Å². The van der Waals surface area contributed by atoms with E-state index >= 15 is 0 Å². The molecule has 0 aliphatic rings. The van der Waals surface area contributed by atoms with Gasteiger partial charge >= 0.3 is 18.3 Å². The van der Waals surface area contributed by atoms with E-state index in [9.17, 15) is 22.8 Å². The van der Waals surface area contributed by atoms with Crippen LogP contribution in [0.4, 0.5) is 13.2 Å². The largest absolute Gasteiger partial charge is 0.573 e. The van der Waals surface area contributed by atoms with E-state index in [-0.39, 0.29) is 5.56 Å². The molecule has 2 aromatic rings. The van der Waals surface area contributed by atoms with Gasteiger partial charge in [-0.2, -0.15) is 0 Å². The minimum Gasteiger partial charge on any atom is -0.478 e. The number of aromatic carboxylic acids is 2. The molecule has 0 radical (unpaired) electrons. The number of carbonyl (C=O) groups is 2. The van der Waals surface area contributed by atoms with Gasteiger partial charge in [0.15, 0.2) is 0 Å². The van der Waals surface area contributed by atoms with Crippen molar-refractivity contribution in [3.8, 4) is 16.9 Å². The summed E-state index contributed by atoms with van der Waals surface area (Å²) in [6.07, 6.45) is -5.01. The summed E-state index contributed by atoms with van der Waals surface area (Å²) in [5.74, 6) is -3.53. The summed E-state index contributed by atoms with van der Waals surface area (Å²) < 4.78 is 40.4. The third-order valence-electron chi connectivity index (χ3n) is 2.90. The number of hydrogen-bond donors (Lipinski definition) is 2. The van der Waals surface area contributed by atoms with Crippen LogP contribution in [0.5, 0.6) is 5.75 Å². The number of alkyl halides is 3. The molecule has 0 fully saturated rings. The lowest BCUT2D eigenvalue weighted by Crippen LogP contribution is -2.19. The molecule has 0 aliphatic heterocycles. The standard InChI is InChI=1S/C15H9F3O5/c16-15(17,18)23-12-6-5-10(7-11(12)14(21)22)8-1-3-9(4-2-8)13(19)20/h1-7H,(H,19,20)(H,21,22). The van der Waals surface area contributed by atoms with Crippen molar-refractivity contribution in [3.63, 3.8) is 0 Å². The highest BCUT2D eigenvalue weighted by Crippen LogP contribution is 2.30. The zero-order valence-corrected chi connectivity index (χ0v) is 11.3. The molecule has 5 nitrogen and oxygen atoms in total. The zero-order valence-electron chi connectivity index (χ0n) is 11.3. The van der Waals surface area contributed by atoms with Gasteiger partial charge in [-0.05, 0) is 35.4 Å². The van der Waals surface area contributed by atoms with Crippen LogP contribution in [-0.4, -0.2) is 28.5 Å². The van der Waals surface area contributed by atoms with E-state index < -0.39 is 29.6 Å². The number of ether oxygens (including phenoxy) is 1. The Kier molecular flexibility index (Phi) is 4.26. The smallest absolute Gasteiger partial charge is 0.478 e. The predicted molar refractivity (Wildman–Crippen MR) is 72.5 cm³/mol. The van der Waals surface area contributed by atoms with E-state index in [1.54, 1.807) is 0 Å². The molecule has 0 unspecified atom stereocenters. The molecule has 0 saturated heterocycles. The molecule has 0 spiro atoms. The van der Waals surface area contributed by atoms with Gasteiger partial charge in [-0.15, -0.1) is 13.2 Å². The van der Waals surface area contributed by atoms with Gasteiger partial charge in [0.1, 0.15) is 11.3 Å². The maximum Gasteiger partial charge on any atom is 0.573 e. The highest BCUT2D eigenvalue weighted by molar-refractivity contribution is 5.93. The van der Waals surface area contributed by atoms with Crippen LogP contribution in [-0.2, 0) is 0 Å². The number of hydrogen-bond acceptors (Lipinski definition) is 3. The fourth-order valence-electron chi connectivity index (χ4n) is 1.90. The first-order valence-electron chi connectivity index (χ1n) is 6.14. The summed E-state index contributed by atoms with van der Waals surface area (Å²) in [6, 6.07) is 8.64. The maximum absolute atomic E-state index is 12.3. The Morgan fingerprint density at radius 2 is 1.43 bits per heavy atom. The van der Waals surface area contributed by atoms with Crippen LogP contribution in [0.2, 0.25) is 0 Å². The Bertz CT molecular complexity index is 751. The molecular formula is C15H9F3O5. The van der Waals surface area contributed by atoms with Gasteiger partial charge in [-0.3, -0.25) is 0 Å². The van der Waals surface area contributed by atoms with Crippen LogP contribution >= 0.6 is 0 Å². The lowest BCUT2D eigenvalue weighted by molar-refractivity contribution is -0.274. The summed E-state index contributed by atoms with van der Waals surface area (Å²) in [6.45, 7) is 0. The minimum atomic E-state index is -5.01. The average Bonchev–Trinajstić information content (AvgIpc) is 2.46. The zero-order chi connectivity index (χ0) is 17.2. The van der Waals surface area contributed by atoms with Crippen molar-refractivity contribution in [1.29, 1.82) is 0 Å². The van der Waals surface area contributed by atoms with Crippen LogP contribution in [0.1, 0.15) is 20.7 Å². The number of carboxylic acid groups (broad SMARTS) is 2. The normalized spacial score (nSPS) is 11.1. The highest BCUT2D eigenvalue weighted by Gasteiger charge is 2.33. The first kappa shape index (κ1) is 16.3. The molecule has 0 bridgehead atoms. The Morgan fingerprint density at radius 3 is 1.91 bits per heavy atom. The van der Waals surface area contributed by atoms with E-state index in [1.807, 2.05) is 0 Å². The molecule has 23 heavy (non-hydrogen) atoms. The van der Waals surface area contributed by atoms with Crippen molar-refractivity contribution in [3.05, 3.63) is 53.6 Å². The Hall–Kier alpha value is -3.03. The van der Waals surface area contributed by atoms with Crippen LogP contribution in [0.15, 0.2) is 42.5 Å². The van der Waals surface area contributed by atoms with E-state index in [0.717, 1.165) is 12.1 Å². The quantitative estimate of drug-likeness (QED) is 0.896. The number of benzene rings is 2. The molecular weight excluding hydrogens is 317 g/mol. The van der Waals surface area contributed by atoms with Gasteiger partial charge in [0.05, 0.1) is 5.56 Å². The summed E-state index contributed by atoms with van der Waals surface area (Å²) in [5.41, 5.74) is 0.149. The summed E-state index contributed by atoms with van der Waals surface area (Å²) >= 11 is 0. The van der Waals surface area contributed by atoms with Crippen LogP contribution < -0.4 is 4.74 Å². The number of carboxylic acids is 2. The number of rotatable bonds is 4. The summed E-state index contributed by atoms with van der Waals surface area (Å²) in [4.78, 5) is 21.9. The fourth-order valence-corrected chi connectivity index (χ4v) is 1.90. The van der Waals surface area contributed by atoms with Crippen molar-refractivity contribution in [2.24, 2.45) is 0 Å². The van der Waals surface area contributed by atoms with Gasteiger partial charge in [-0.25, -0.2) is 9.59 Å². The third kappa shape index (κ3) is 4.00. The van der Waals surface area contributed by atoms with Crippen molar-refractivity contribution < 1.29 is 37.7 Å². The van der Waals surface area contributed by atoms with Gasteiger partial charge in [0, 0.05) is 0 Å². The molecule has 8 heteroatoms. The highest BCUT2D eigenvalue weighted by atomic mass is 19.4. The third-order valence-corrected chi connectivity index (χ3v) is 2.90. The van der Waals surface area contributed by atoms with Gasteiger partial charge < -0.3 is 14.9 Å². The first-order chi connectivity index (χ1) is 10.7. The van der Waals surface area contributed by atoms with E-state index in [2.05, 4.69) is 4.74 Å². The topological polar surface area (TPSA) is 83.8 Å². The van der Waals surface area contributed by atoms with Crippen molar-refractivity contribution in [2.45, 2.75) is 6.36 Å². The van der Waals surface area contributed by atoms with Crippen molar-refractivity contribution in [1.82, 2.24) is 0 Å². The fraction of sp³-hybridized carbons (Fsp3) is 0.0667. The molecule has 0 heterocycles. The SMILES string of the molecule is O=C(O)c1ccc(-c2ccc(OC(F)(F)F)c(C(=O)O)c2)cc1.